The Kier molecular flexibility index (Phi) is 7.35. The van der Waals surface area contributed by atoms with Crippen LogP contribution in [0.15, 0.2) is 62.6 Å². The van der Waals surface area contributed by atoms with Crippen molar-refractivity contribution >= 4 is 51.7 Å². The van der Waals surface area contributed by atoms with Gasteiger partial charge < -0.3 is 14.2 Å². The van der Waals surface area contributed by atoms with E-state index >= 15 is 0 Å². The SMILES string of the molecule is CC(C)(C)[C@@H]1CCc2c(sc(N=Cc3ccc(-c4ccc(Cl)c(Cl)c4)o3)c2C(=O)NCc2ccco2)C1. The van der Waals surface area contributed by atoms with E-state index in [0.29, 0.717) is 50.4 Å². The first kappa shape index (κ1) is 25.8. The zero-order valence-corrected chi connectivity index (χ0v) is 23.3. The highest BCUT2D eigenvalue weighted by Gasteiger charge is 2.33. The third-order valence-electron chi connectivity index (χ3n) is 6.84. The van der Waals surface area contributed by atoms with Crippen LogP contribution in [-0.4, -0.2) is 12.1 Å². The van der Waals surface area contributed by atoms with Crippen LogP contribution in [-0.2, 0) is 19.4 Å². The fourth-order valence-corrected chi connectivity index (χ4v) is 6.22. The lowest BCUT2D eigenvalue weighted by Crippen LogP contribution is -2.28. The summed E-state index contributed by atoms with van der Waals surface area (Å²) in [5.41, 5.74) is 2.81. The molecule has 0 fully saturated rings. The molecule has 5 rings (SSSR count). The standard InChI is InChI=1S/C29H28Cl2N2O3S/c1-29(2,3)18-7-9-21-25(14-18)37-28(26(21)27(34)32-15-19-5-4-12-35-19)33-16-20-8-11-24(36-20)17-6-10-22(30)23(31)13-17/h4-6,8,10-13,16,18H,7,9,14-15H2,1-3H3,(H,32,34)/t18-/m1/s1. The summed E-state index contributed by atoms with van der Waals surface area (Å²) in [7, 11) is 0. The van der Waals surface area contributed by atoms with Crippen molar-refractivity contribution in [2.24, 2.45) is 16.3 Å². The van der Waals surface area contributed by atoms with Gasteiger partial charge in [0.05, 0.1) is 34.6 Å². The van der Waals surface area contributed by atoms with Gasteiger partial charge in [-0.2, -0.15) is 0 Å². The van der Waals surface area contributed by atoms with E-state index < -0.39 is 0 Å². The van der Waals surface area contributed by atoms with Gasteiger partial charge in [0.15, 0.2) is 0 Å². The largest absolute Gasteiger partial charge is 0.467 e. The Morgan fingerprint density at radius 1 is 1.19 bits per heavy atom. The third kappa shape index (κ3) is 5.71. The van der Waals surface area contributed by atoms with E-state index in [1.54, 1.807) is 35.9 Å². The molecule has 3 aromatic heterocycles. The van der Waals surface area contributed by atoms with Crippen LogP contribution in [0, 0.1) is 11.3 Å². The van der Waals surface area contributed by atoms with Crippen molar-refractivity contribution in [1.29, 1.82) is 0 Å². The molecule has 3 heterocycles. The maximum Gasteiger partial charge on any atom is 0.255 e. The quantitative estimate of drug-likeness (QED) is 0.242. The highest BCUT2D eigenvalue weighted by molar-refractivity contribution is 7.16. The molecule has 0 saturated heterocycles. The predicted octanol–water partition coefficient (Wildman–Crippen LogP) is 8.74. The highest BCUT2D eigenvalue weighted by atomic mass is 35.5. The van der Waals surface area contributed by atoms with E-state index in [0.717, 1.165) is 30.4 Å². The number of nitrogens with zero attached hydrogens (tertiary/aromatic N) is 1. The molecule has 1 aliphatic carbocycles. The average Bonchev–Trinajstić information content (AvgIpc) is 3.61. The van der Waals surface area contributed by atoms with Crippen molar-refractivity contribution < 1.29 is 13.6 Å². The summed E-state index contributed by atoms with van der Waals surface area (Å²) in [6.07, 6.45) is 6.16. The van der Waals surface area contributed by atoms with Crippen LogP contribution in [0.3, 0.4) is 0 Å². The summed E-state index contributed by atoms with van der Waals surface area (Å²) < 4.78 is 11.4. The molecule has 0 spiro atoms. The molecule has 0 aliphatic heterocycles. The van der Waals surface area contributed by atoms with Crippen LogP contribution in [0.1, 0.15) is 59.5 Å². The van der Waals surface area contributed by atoms with Gasteiger partial charge in [-0.1, -0.05) is 44.0 Å². The second-order valence-corrected chi connectivity index (χ2v) is 12.2. The van der Waals surface area contributed by atoms with Crippen molar-refractivity contribution in [1.82, 2.24) is 5.32 Å². The number of fused-ring (bicyclic) bond motifs is 1. The molecule has 1 amide bonds. The lowest BCUT2D eigenvalue weighted by atomic mass is 9.72. The molecule has 4 aromatic rings. The first-order chi connectivity index (χ1) is 17.7. The minimum absolute atomic E-state index is 0.133. The Labute approximate surface area is 230 Å². The normalized spacial score (nSPS) is 15.8. The number of halogens is 2. The molecule has 37 heavy (non-hydrogen) atoms. The molecule has 0 radical (unpaired) electrons. The number of nitrogens with one attached hydrogen (secondary N) is 1. The van der Waals surface area contributed by atoms with Crippen molar-refractivity contribution in [3.8, 4) is 11.3 Å². The van der Waals surface area contributed by atoms with E-state index in [-0.39, 0.29) is 11.3 Å². The number of rotatable bonds is 6. The first-order valence-corrected chi connectivity index (χ1v) is 13.8. The average molecular weight is 556 g/mol. The van der Waals surface area contributed by atoms with Crippen molar-refractivity contribution in [2.45, 2.75) is 46.6 Å². The number of carbonyl (C=O) groups excluding carboxylic acids is 1. The Morgan fingerprint density at radius 2 is 2.03 bits per heavy atom. The Morgan fingerprint density at radius 3 is 2.76 bits per heavy atom. The van der Waals surface area contributed by atoms with E-state index in [4.69, 9.17) is 37.0 Å². The highest BCUT2D eigenvalue weighted by Crippen LogP contribution is 2.45. The zero-order valence-electron chi connectivity index (χ0n) is 20.9. The topological polar surface area (TPSA) is 67.7 Å². The number of carbonyl (C=O) groups is 1. The summed E-state index contributed by atoms with van der Waals surface area (Å²) in [5, 5.41) is 4.66. The summed E-state index contributed by atoms with van der Waals surface area (Å²) in [5.74, 6) is 2.39. The second kappa shape index (κ2) is 10.5. The second-order valence-electron chi connectivity index (χ2n) is 10.3. The summed E-state index contributed by atoms with van der Waals surface area (Å²) in [6.45, 7) is 7.19. The molecule has 8 heteroatoms. The van der Waals surface area contributed by atoms with Gasteiger partial charge in [-0.05, 0) is 78.6 Å². The molecule has 0 unspecified atom stereocenters. The molecule has 5 nitrogen and oxygen atoms in total. The van der Waals surface area contributed by atoms with Crippen molar-refractivity contribution in [3.05, 3.63) is 86.3 Å². The molecule has 0 bridgehead atoms. The van der Waals surface area contributed by atoms with Crippen molar-refractivity contribution in [3.63, 3.8) is 0 Å². The van der Waals surface area contributed by atoms with Crippen LogP contribution in [0.5, 0.6) is 0 Å². The molecular formula is C29H28Cl2N2O3S. The zero-order chi connectivity index (χ0) is 26.2. The summed E-state index contributed by atoms with van der Waals surface area (Å²) >= 11 is 13.8. The molecule has 0 saturated carbocycles. The predicted molar refractivity (Wildman–Crippen MR) is 151 cm³/mol. The summed E-state index contributed by atoms with van der Waals surface area (Å²) in [6, 6.07) is 12.7. The minimum atomic E-state index is -0.133. The fraction of sp³-hybridized carbons (Fsp3) is 0.310. The number of hydrogen-bond donors (Lipinski definition) is 1. The lowest BCUT2D eigenvalue weighted by Gasteiger charge is -2.33. The number of benzene rings is 1. The van der Waals surface area contributed by atoms with Gasteiger partial charge in [0.1, 0.15) is 22.3 Å². The van der Waals surface area contributed by atoms with Crippen LogP contribution < -0.4 is 5.32 Å². The van der Waals surface area contributed by atoms with E-state index in [1.807, 2.05) is 30.3 Å². The fourth-order valence-electron chi connectivity index (χ4n) is 4.65. The number of thiophene rings is 1. The molecule has 1 aromatic carbocycles. The van der Waals surface area contributed by atoms with Gasteiger partial charge >= 0.3 is 0 Å². The number of amides is 1. The number of hydrogen-bond acceptors (Lipinski definition) is 5. The van der Waals surface area contributed by atoms with Gasteiger partial charge in [-0.3, -0.25) is 4.79 Å². The van der Waals surface area contributed by atoms with Gasteiger partial charge in [0.25, 0.3) is 5.91 Å². The Balaban J connectivity index is 1.43. The maximum absolute atomic E-state index is 13.4. The van der Waals surface area contributed by atoms with Gasteiger partial charge in [0.2, 0.25) is 0 Å². The van der Waals surface area contributed by atoms with E-state index in [9.17, 15) is 4.79 Å². The monoisotopic (exact) mass is 554 g/mol. The maximum atomic E-state index is 13.4. The first-order valence-electron chi connectivity index (χ1n) is 12.2. The molecule has 1 N–H and O–H groups in total. The van der Waals surface area contributed by atoms with Crippen LogP contribution in [0.4, 0.5) is 5.00 Å². The third-order valence-corrected chi connectivity index (χ3v) is 8.74. The minimum Gasteiger partial charge on any atom is -0.467 e. The van der Waals surface area contributed by atoms with Crippen LogP contribution in [0.2, 0.25) is 10.0 Å². The summed E-state index contributed by atoms with van der Waals surface area (Å²) in [4.78, 5) is 19.4. The Hall–Kier alpha value is -2.80. The Bertz CT molecular complexity index is 1440. The smallest absolute Gasteiger partial charge is 0.255 e. The van der Waals surface area contributed by atoms with Crippen molar-refractivity contribution in [2.75, 3.05) is 0 Å². The molecular weight excluding hydrogens is 527 g/mol. The van der Waals surface area contributed by atoms with Gasteiger partial charge in [-0.15, -0.1) is 11.3 Å². The van der Waals surface area contributed by atoms with Crippen LogP contribution >= 0.6 is 34.5 Å². The molecule has 1 atom stereocenters. The van der Waals surface area contributed by atoms with E-state index in [2.05, 4.69) is 26.1 Å². The molecule has 1 aliphatic rings. The molecule has 192 valence electrons. The van der Waals surface area contributed by atoms with Gasteiger partial charge in [-0.25, -0.2) is 4.99 Å². The van der Waals surface area contributed by atoms with Gasteiger partial charge in [0, 0.05) is 10.4 Å². The number of furan rings is 2. The lowest BCUT2D eigenvalue weighted by molar-refractivity contribution is 0.0947. The van der Waals surface area contributed by atoms with E-state index in [1.165, 1.54) is 4.88 Å². The number of aliphatic imine (C=N–C) groups is 1. The van der Waals surface area contributed by atoms with Crippen LogP contribution in [0.25, 0.3) is 11.3 Å².